The molecule has 86 valence electrons. The molecule has 0 saturated heterocycles. The van der Waals surface area contributed by atoms with E-state index in [0.717, 1.165) is 6.07 Å². The van der Waals surface area contributed by atoms with E-state index in [0.29, 0.717) is 5.56 Å². The molecule has 0 aliphatic rings. The van der Waals surface area contributed by atoms with Crippen LogP contribution in [0.3, 0.4) is 0 Å². The molecule has 0 atom stereocenters. The van der Waals surface area contributed by atoms with Crippen molar-refractivity contribution < 1.29 is 19.2 Å². The van der Waals surface area contributed by atoms with E-state index in [1.54, 1.807) is 6.92 Å². The molecule has 16 heavy (non-hydrogen) atoms. The fourth-order valence-electron chi connectivity index (χ4n) is 1.39. The minimum Gasteiger partial charge on any atom is -0.496 e. The second kappa shape index (κ2) is 4.61. The van der Waals surface area contributed by atoms with Crippen LogP contribution in [-0.4, -0.2) is 25.1 Å². The molecule has 0 unspecified atom stereocenters. The summed E-state index contributed by atoms with van der Waals surface area (Å²) in [5.41, 5.74) is 0.396. The first-order chi connectivity index (χ1) is 7.51. The third-order valence-corrected chi connectivity index (χ3v) is 2.08. The standard InChI is InChI=1S/C10H11NO5/c1-6-4-7(11(13)14)5-8(9(6)15-2)10(12)16-3/h4-5H,1-3H3. The lowest BCUT2D eigenvalue weighted by Gasteiger charge is -2.09. The van der Waals surface area contributed by atoms with Crippen molar-refractivity contribution in [1.29, 1.82) is 0 Å². The molecule has 0 N–H and O–H groups in total. The minimum absolute atomic E-state index is 0.0525. The summed E-state index contributed by atoms with van der Waals surface area (Å²) >= 11 is 0. The average molecular weight is 225 g/mol. The van der Waals surface area contributed by atoms with Crippen molar-refractivity contribution in [1.82, 2.24) is 0 Å². The summed E-state index contributed by atoms with van der Waals surface area (Å²) in [4.78, 5) is 21.5. The van der Waals surface area contributed by atoms with Crippen molar-refractivity contribution in [3.05, 3.63) is 33.4 Å². The van der Waals surface area contributed by atoms with Crippen molar-refractivity contribution in [2.75, 3.05) is 14.2 Å². The van der Waals surface area contributed by atoms with Crippen LogP contribution < -0.4 is 4.74 Å². The molecular formula is C10H11NO5. The molecule has 1 rings (SSSR count). The summed E-state index contributed by atoms with van der Waals surface area (Å²) in [5, 5.41) is 10.6. The van der Waals surface area contributed by atoms with Gasteiger partial charge in [0.05, 0.1) is 19.1 Å². The van der Waals surface area contributed by atoms with Crippen LogP contribution in [0.2, 0.25) is 0 Å². The Morgan fingerprint density at radius 2 is 2.00 bits per heavy atom. The van der Waals surface area contributed by atoms with E-state index in [-0.39, 0.29) is 17.0 Å². The highest BCUT2D eigenvalue weighted by molar-refractivity contribution is 5.93. The van der Waals surface area contributed by atoms with Crippen LogP contribution in [0.4, 0.5) is 5.69 Å². The summed E-state index contributed by atoms with van der Waals surface area (Å²) in [6.07, 6.45) is 0. The van der Waals surface area contributed by atoms with Gasteiger partial charge in [0.15, 0.2) is 0 Å². The molecule has 0 aromatic heterocycles. The van der Waals surface area contributed by atoms with E-state index < -0.39 is 10.9 Å². The first-order valence-corrected chi connectivity index (χ1v) is 4.42. The van der Waals surface area contributed by atoms with E-state index in [1.807, 2.05) is 0 Å². The van der Waals surface area contributed by atoms with Gasteiger partial charge in [-0.3, -0.25) is 10.1 Å². The molecular weight excluding hydrogens is 214 g/mol. The Hall–Kier alpha value is -2.11. The van der Waals surface area contributed by atoms with Gasteiger partial charge in [-0.1, -0.05) is 0 Å². The maximum Gasteiger partial charge on any atom is 0.341 e. The van der Waals surface area contributed by atoms with Gasteiger partial charge in [0, 0.05) is 12.1 Å². The van der Waals surface area contributed by atoms with E-state index in [9.17, 15) is 14.9 Å². The Bertz CT molecular complexity index is 441. The fourth-order valence-corrected chi connectivity index (χ4v) is 1.39. The molecule has 0 fully saturated rings. The predicted octanol–water partition coefficient (Wildman–Crippen LogP) is 1.70. The third kappa shape index (κ3) is 2.10. The largest absolute Gasteiger partial charge is 0.496 e. The third-order valence-electron chi connectivity index (χ3n) is 2.08. The van der Waals surface area contributed by atoms with Gasteiger partial charge >= 0.3 is 5.97 Å². The van der Waals surface area contributed by atoms with Crippen LogP contribution in [0, 0.1) is 17.0 Å². The zero-order chi connectivity index (χ0) is 12.3. The molecule has 0 saturated carbocycles. The molecule has 0 heterocycles. The lowest BCUT2D eigenvalue weighted by molar-refractivity contribution is -0.385. The second-order valence-corrected chi connectivity index (χ2v) is 3.09. The Kier molecular flexibility index (Phi) is 3.44. The van der Waals surface area contributed by atoms with E-state index in [1.165, 1.54) is 20.3 Å². The molecule has 1 aromatic rings. The van der Waals surface area contributed by atoms with Crippen LogP contribution in [-0.2, 0) is 4.74 Å². The number of methoxy groups -OCH3 is 2. The Morgan fingerprint density at radius 3 is 2.44 bits per heavy atom. The maximum atomic E-state index is 11.4. The zero-order valence-corrected chi connectivity index (χ0v) is 9.14. The summed E-state index contributed by atoms with van der Waals surface area (Å²) in [6, 6.07) is 2.48. The van der Waals surface area contributed by atoms with Crippen LogP contribution in [0.25, 0.3) is 0 Å². The number of carbonyl (C=O) groups is 1. The SMILES string of the molecule is COC(=O)c1cc([N+](=O)[O-])cc(C)c1OC. The van der Waals surface area contributed by atoms with Gasteiger partial charge in [-0.05, 0) is 12.5 Å². The van der Waals surface area contributed by atoms with Gasteiger partial charge in [0.1, 0.15) is 11.3 Å². The molecule has 0 bridgehead atoms. The van der Waals surface area contributed by atoms with Crippen LogP contribution in [0.15, 0.2) is 12.1 Å². The summed E-state index contributed by atoms with van der Waals surface area (Å²) in [6.45, 7) is 1.62. The van der Waals surface area contributed by atoms with Gasteiger partial charge in [-0.2, -0.15) is 0 Å². The first-order valence-electron chi connectivity index (χ1n) is 4.42. The number of rotatable bonds is 3. The molecule has 6 nitrogen and oxygen atoms in total. The molecule has 0 radical (unpaired) electrons. The molecule has 1 aromatic carbocycles. The number of non-ortho nitro benzene ring substituents is 1. The summed E-state index contributed by atoms with van der Waals surface area (Å²) in [7, 11) is 2.59. The highest BCUT2D eigenvalue weighted by atomic mass is 16.6. The number of hydrogen-bond acceptors (Lipinski definition) is 5. The topological polar surface area (TPSA) is 78.7 Å². The van der Waals surface area contributed by atoms with Gasteiger partial charge in [0.2, 0.25) is 0 Å². The Morgan fingerprint density at radius 1 is 1.38 bits per heavy atom. The van der Waals surface area contributed by atoms with E-state index in [2.05, 4.69) is 4.74 Å². The molecule has 0 aliphatic heterocycles. The number of nitro groups is 1. The zero-order valence-electron chi connectivity index (χ0n) is 9.14. The molecule has 0 aliphatic carbocycles. The Balaban J connectivity index is 3.42. The number of aryl methyl sites for hydroxylation is 1. The van der Waals surface area contributed by atoms with Gasteiger partial charge < -0.3 is 9.47 Å². The van der Waals surface area contributed by atoms with Crippen molar-refractivity contribution in [2.45, 2.75) is 6.92 Å². The number of nitro benzene ring substituents is 1. The normalized spacial score (nSPS) is 9.69. The quantitative estimate of drug-likeness (QED) is 0.444. The van der Waals surface area contributed by atoms with Crippen molar-refractivity contribution in [2.24, 2.45) is 0 Å². The highest BCUT2D eigenvalue weighted by Crippen LogP contribution is 2.29. The lowest BCUT2D eigenvalue weighted by Crippen LogP contribution is -2.06. The number of carbonyl (C=O) groups excluding carboxylic acids is 1. The van der Waals surface area contributed by atoms with Crippen molar-refractivity contribution in [3.63, 3.8) is 0 Å². The van der Waals surface area contributed by atoms with Crippen LogP contribution in [0.1, 0.15) is 15.9 Å². The summed E-state index contributed by atoms with van der Waals surface area (Å²) in [5.74, 6) is -0.374. The first kappa shape index (κ1) is 12.0. The maximum absolute atomic E-state index is 11.4. The number of nitrogens with zero attached hydrogens (tertiary/aromatic N) is 1. The highest BCUT2D eigenvalue weighted by Gasteiger charge is 2.20. The minimum atomic E-state index is -0.663. The number of ether oxygens (including phenoxy) is 2. The number of benzene rings is 1. The van der Waals surface area contributed by atoms with E-state index in [4.69, 9.17) is 4.74 Å². The fraction of sp³-hybridized carbons (Fsp3) is 0.300. The smallest absolute Gasteiger partial charge is 0.341 e. The Labute approximate surface area is 91.9 Å². The lowest BCUT2D eigenvalue weighted by atomic mass is 10.1. The molecule has 0 amide bonds. The van der Waals surface area contributed by atoms with E-state index >= 15 is 0 Å². The van der Waals surface area contributed by atoms with Crippen molar-refractivity contribution in [3.8, 4) is 5.75 Å². The van der Waals surface area contributed by atoms with Crippen molar-refractivity contribution >= 4 is 11.7 Å². The number of hydrogen-bond donors (Lipinski definition) is 0. The second-order valence-electron chi connectivity index (χ2n) is 3.09. The predicted molar refractivity (Wildman–Crippen MR) is 55.7 cm³/mol. The average Bonchev–Trinajstić information content (AvgIpc) is 2.26. The van der Waals surface area contributed by atoms with Gasteiger partial charge in [0.25, 0.3) is 5.69 Å². The molecule has 6 heteroatoms. The van der Waals surface area contributed by atoms with Gasteiger partial charge in [-0.15, -0.1) is 0 Å². The van der Waals surface area contributed by atoms with Gasteiger partial charge in [-0.25, -0.2) is 4.79 Å². The monoisotopic (exact) mass is 225 g/mol. The molecule has 0 spiro atoms. The number of esters is 1. The summed E-state index contributed by atoms with van der Waals surface area (Å²) < 4.78 is 9.54. The van der Waals surface area contributed by atoms with Crippen LogP contribution >= 0.6 is 0 Å². The van der Waals surface area contributed by atoms with Crippen LogP contribution in [0.5, 0.6) is 5.75 Å².